The molecule has 0 aliphatic carbocycles. The van der Waals surface area contributed by atoms with Gasteiger partial charge in [0.2, 0.25) is 0 Å². The molecule has 0 radical (unpaired) electrons. The molecule has 0 N–H and O–H groups in total. The van der Waals surface area contributed by atoms with Crippen molar-refractivity contribution in [1.82, 2.24) is 0 Å². The van der Waals surface area contributed by atoms with Crippen LogP contribution in [-0.4, -0.2) is 0 Å². The molecule has 1 spiro atoms. The fourth-order valence-corrected chi connectivity index (χ4v) is 12.9. The zero-order valence-corrected chi connectivity index (χ0v) is 42.4. The number of rotatable bonds is 6. The fourth-order valence-electron chi connectivity index (χ4n) is 12.9. The summed E-state index contributed by atoms with van der Waals surface area (Å²) in [6.07, 6.45) is 0. The van der Waals surface area contributed by atoms with Crippen LogP contribution in [0.3, 0.4) is 0 Å². The van der Waals surface area contributed by atoms with Gasteiger partial charge in [0.15, 0.2) is 0 Å². The third-order valence-corrected chi connectivity index (χ3v) is 16.4. The van der Waals surface area contributed by atoms with Crippen LogP contribution in [0.4, 0.5) is 42.9 Å². The van der Waals surface area contributed by atoms with Gasteiger partial charge in [0, 0.05) is 44.0 Å². The van der Waals surface area contributed by atoms with Gasteiger partial charge >= 0.3 is 0 Å². The first-order chi connectivity index (χ1) is 39.0. The summed E-state index contributed by atoms with van der Waals surface area (Å²) in [4.78, 5) is 4.80. The van der Waals surface area contributed by atoms with Gasteiger partial charge in [-0.3, -0.25) is 0 Å². The van der Waals surface area contributed by atoms with Crippen LogP contribution in [0.1, 0.15) is 22.3 Å². The van der Waals surface area contributed by atoms with E-state index in [4.69, 9.17) is 8.83 Å². The number of halogens is 2. The minimum Gasteiger partial charge on any atom is -0.455 e. The maximum absolute atomic E-state index is 14.2. The Morgan fingerprint density at radius 1 is 0.278 bits per heavy atom. The Balaban J connectivity index is 0.995. The monoisotopic (exact) mass is 1020 g/mol. The van der Waals surface area contributed by atoms with E-state index in [1.807, 2.05) is 48.5 Å². The summed E-state index contributed by atoms with van der Waals surface area (Å²) in [6, 6.07) is 91.6. The highest BCUT2D eigenvalue weighted by Gasteiger charge is 2.52. The average Bonchev–Trinajstić information content (AvgIpc) is 3.12. The highest BCUT2D eigenvalue weighted by Crippen LogP contribution is 2.65. The van der Waals surface area contributed by atoms with E-state index in [0.717, 1.165) is 145 Å². The third kappa shape index (κ3) is 6.77. The van der Waals surface area contributed by atoms with Crippen molar-refractivity contribution >= 4 is 78.0 Å². The van der Waals surface area contributed by atoms with Gasteiger partial charge in [0.05, 0.1) is 28.2 Å². The van der Waals surface area contributed by atoms with Crippen molar-refractivity contribution in [2.75, 3.05) is 9.80 Å². The van der Waals surface area contributed by atoms with Crippen LogP contribution in [0.5, 0.6) is 0 Å². The largest absolute Gasteiger partial charge is 0.455 e. The zero-order chi connectivity index (χ0) is 52.3. The van der Waals surface area contributed by atoms with Gasteiger partial charge in [-0.05, 0) is 153 Å². The summed E-state index contributed by atoms with van der Waals surface area (Å²) in [6.45, 7) is 0. The van der Waals surface area contributed by atoms with Gasteiger partial charge in [0.1, 0.15) is 34.0 Å². The molecular weight excluding hydrogens is 975 g/mol. The minimum atomic E-state index is -0.928. The first-order valence-corrected chi connectivity index (χ1v) is 26.6. The number of fused-ring (bicyclic) bond motifs is 14. The second kappa shape index (κ2) is 17.4. The van der Waals surface area contributed by atoms with Gasteiger partial charge in [-0.1, -0.05) is 170 Å². The van der Waals surface area contributed by atoms with Gasteiger partial charge in [-0.25, -0.2) is 8.78 Å². The van der Waals surface area contributed by atoms with Crippen LogP contribution in [-0.2, 0) is 5.41 Å². The predicted molar refractivity (Wildman–Crippen MR) is 317 cm³/mol. The molecule has 4 heterocycles. The second-order valence-electron chi connectivity index (χ2n) is 20.6. The fraction of sp³-hybridized carbons (Fsp3) is 0.0137. The minimum absolute atomic E-state index is 0.265. The van der Waals surface area contributed by atoms with E-state index in [-0.39, 0.29) is 11.6 Å². The number of hydrogen-bond donors (Lipinski definition) is 0. The Kier molecular flexibility index (Phi) is 9.88. The Bertz CT molecular complexity index is 4440. The zero-order valence-electron chi connectivity index (χ0n) is 42.4. The van der Waals surface area contributed by atoms with Gasteiger partial charge in [0.25, 0.3) is 0 Å². The Morgan fingerprint density at radius 3 is 1.05 bits per heavy atom. The van der Waals surface area contributed by atoms with E-state index >= 15 is 0 Å². The summed E-state index contributed by atoms with van der Waals surface area (Å²) in [5.41, 5.74) is 20.9. The van der Waals surface area contributed by atoms with E-state index in [1.54, 1.807) is 0 Å². The van der Waals surface area contributed by atoms with Crippen LogP contribution >= 0.6 is 0 Å². The molecule has 4 nitrogen and oxygen atoms in total. The van der Waals surface area contributed by atoms with Crippen molar-refractivity contribution in [3.63, 3.8) is 0 Å². The summed E-state index contributed by atoms with van der Waals surface area (Å²) < 4.78 is 41.9. The molecule has 16 rings (SSSR count). The summed E-state index contributed by atoms with van der Waals surface area (Å²) in [7, 11) is 0. The highest BCUT2D eigenvalue weighted by molar-refractivity contribution is 6.11. The molecule has 2 aromatic heterocycles. The molecule has 6 heteroatoms. The van der Waals surface area contributed by atoms with E-state index in [1.165, 1.54) is 24.3 Å². The molecule has 0 fully saturated rings. The lowest BCUT2D eigenvalue weighted by molar-refractivity contribution is 0.627. The number of benzene rings is 12. The molecule has 0 amide bonds. The summed E-state index contributed by atoms with van der Waals surface area (Å²) in [5.74, 6) is -0.529. The first kappa shape index (κ1) is 44.9. The quantitative estimate of drug-likeness (QED) is 0.166. The molecule has 2 aliphatic rings. The second-order valence-corrected chi connectivity index (χ2v) is 20.6. The number of hydrogen-bond acceptors (Lipinski definition) is 4. The SMILES string of the molecule is Fc1ccc(-c2ccc(N3c4ccccc4C4(c5ccccc5N(c5ccc(-c6ccc(F)cc6)cc5)c5ccc(-c6cccc7c6oc6ccccc67)cc54)c4cc(-c5cccc6c5oc5ccccc56)ccc43)cc2)cc1. The molecule has 0 saturated carbocycles. The predicted octanol–water partition coefficient (Wildman–Crippen LogP) is 20.4. The number of nitrogens with zero attached hydrogens (tertiary/aromatic N) is 2. The lowest BCUT2D eigenvalue weighted by Gasteiger charge is -2.51. The summed E-state index contributed by atoms with van der Waals surface area (Å²) in [5, 5.41) is 4.27. The number of anilines is 6. The van der Waals surface area contributed by atoms with Crippen molar-refractivity contribution in [2.24, 2.45) is 0 Å². The topological polar surface area (TPSA) is 32.8 Å². The molecule has 372 valence electrons. The van der Waals surface area contributed by atoms with Crippen LogP contribution in [0, 0.1) is 11.6 Å². The Morgan fingerprint density at radius 2 is 0.620 bits per heavy atom. The molecule has 14 aromatic rings. The van der Waals surface area contributed by atoms with Crippen molar-refractivity contribution < 1.29 is 17.6 Å². The molecule has 0 bridgehead atoms. The standard InChI is InChI=1S/C73H44F2N2O2/c74-51-33-23-45(24-34-51)47-27-37-53(38-28-47)76-65-19-5-3-17-61(65)73(63-43-49(31-41-67(63)76)55-13-9-15-59-57-11-1-7-21-69(57)78-71(55)59)62-18-4-6-20-66(62)77(54-39-29-48(30-40-54)46-25-35-52(75)36-26-46)68-42-32-50(44-64(68)73)56-14-10-16-60-58-12-2-8-22-70(58)79-72(56)60/h1-44H. The third-order valence-electron chi connectivity index (χ3n) is 16.4. The normalized spacial score (nSPS) is 13.2. The van der Waals surface area contributed by atoms with Gasteiger partial charge in [-0.2, -0.15) is 0 Å². The molecule has 2 aliphatic heterocycles. The summed E-state index contributed by atoms with van der Waals surface area (Å²) >= 11 is 0. The van der Waals surface area contributed by atoms with Crippen molar-refractivity contribution in [3.05, 3.63) is 301 Å². The van der Waals surface area contributed by atoms with Crippen LogP contribution in [0.2, 0.25) is 0 Å². The van der Waals surface area contributed by atoms with Crippen molar-refractivity contribution in [2.45, 2.75) is 5.41 Å². The van der Waals surface area contributed by atoms with Crippen molar-refractivity contribution in [3.8, 4) is 44.5 Å². The van der Waals surface area contributed by atoms with Crippen LogP contribution in [0.15, 0.2) is 276 Å². The van der Waals surface area contributed by atoms with Crippen molar-refractivity contribution in [1.29, 1.82) is 0 Å². The Labute approximate surface area is 453 Å². The number of furan rings is 2. The molecule has 79 heavy (non-hydrogen) atoms. The van der Waals surface area contributed by atoms with Gasteiger partial charge in [-0.15, -0.1) is 0 Å². The van der Waals surface area contributed by atoms with E-state index in [0.29, 0.717) is 0 Å². The van der Waals surface area contributed by atoms with E-state index < -0.39 is 5.41 Å². The van der Waals surface area contributed by atoms with Gasteiger partial charge < -0.3 is 18.6 Å². The highest BCUT2D eigenvalue weighted by atomic mass is 19.1. The lowest BCUT2D eigenvalue weighted by Crippen LogP contribution is -2.42. The molecule has 0 saturated heterocycles. The van der Waals surface area contributed by atoms with Crippen LogP contribution < -0.4 is 9.80 Å². The number of para-hydroxylation sites is 6. The average molecular weight is 1020 g/mol. The molecule has 0 atom stereocenters. The lowest BCUT2D eigenvalue weighted by atomic mass is 9.59. The van der Waals surface area contributed by atoms with E-state index in [9.17, 15) is 8.78 Å². The van der Waals surface area contributed by atoms with E-state index in [2.05, 4.69) is 204 Å². The Hall–Kier alpha value is -10.3. The molecular formula is C73H44F2N2O2. The molecule has 12 aromatic carbocycles. The van der Waals surface area contributed by atoms with Crippen LogP contribution in [0.25, 0.3) is 88.4 Å². The first-order valence-electron chi connectivity index (χ1n) is 26.6. The molecule has 0 unspecified atom stereocenters. The maximum atomic E-state index is 14.2. The maximum Gasteiger partial charge on any atom is 0.143 e. The smallest absolute Gasteiger partial charge is 0.143 e.